The van der Waals surface area contributed by atoms with Gasteiger partial charge in [-0.3, -0.25) is 0 Å². The molecule has 0 aromatic heterocycles. The van der Waals surface area contributed by atoms with Gasteiger partial charge in [-0.2, -0.15) is 0 Å². The van der Waals surface area contributed by atoms with Crippen molar-refractivity contribution >= 4 is 0 Å². The van der Waals surface area contributed by atoms with Crippen LogP contribution in [-0.4, -0.2) is 19.0 Å². The quantitative estimate of drug-likeness (QED) is 0.517. The molecule has 0 amide bonds. The summed E-state index contributed by atoms with van der Waals surface area (Å²) in [6.45, 7) is 8.23. The summed E-state index contributed by atoms with van der Waals surface area (Å²) in [5.41, 5.74) is 0. The monoisotopic (exact) mass is 256 g/mol. The van der Waals surface area contributed by atoms with E-state index in [1.54, 1.807) is 0 Å². The number of rotatable bonds is 10. The Hall–Kier alpha value is -0.0800. The fraction of sp³-hybridized carbons (Fsp3) is 1.00. The van der Waals surface area contributed by atoms with Crippen molar-refractivity contribution in [2.45, 2.75) is 84.3 Å². The van der Waals surface area contributed by atoms with Gasteiger partial charge in [-0.1, -0.05) is 65.7 Å². The van der Waals surface area contributed by atoms with Crippen molar-refractivity contribution in [3.63, 3.8) is 0 Å². The smallest absolute Gasteiger partial charge is 0.170 e. The summed E-state index contributed by atoms with van der Waals surface area (Å²) in [7, 11) is 0. The minimum atomic E-state index is -0.262. The second-order valence-corrected chi connectivity index (χ2v) is 5.89. The van der Waals surface area contributed by atoms with Crippen molar-refractivity contribution in [2.24, 2.45) is 5.92 Å². The summed E-state index contributed by atoms with van der Waals surface area (Å²) in [6.07, 6.45) is 12.0. The molecule has 2 heteroatoms. The van der Waals surface area contributed by atoms with Crippen molar-refractivity contribution in [3.8, 4) is 0 Å². The molecule has 18 heavy (non-hydrogen) atoms. The van der Waals surface area contributed by atoms with E-state index in [-0.39, 0.29) is 5.79 Å². The van der Waals surface area contributed by atoms with E-state index in [2.05, 4.69) is 20.8 Å². The maximum absolute atomic E-state index is 5.84. The molecule has 0 aliphatic carbocycles. The second-order valence-electron chi connectivity index (χ2n) is 5.89. The highest BCUT2D eigenvalue weighted by Gasteiger charge is 2.38. The standard InChI is InChI=1S/C16H32O2/c1-4-5-6-7-8-9-10-11-12-16(15(2)3)17-13-14-18-16/h15H,4-14H2,1-3H3. The third-order valence-corrected chi connectivity index (χ3v) is 4.03. The minimum Gasteiger partial charge on any atom is -0.347 e. The van der Waals surface area contributed by atoms with Crippen molar-refractivity contribution in [2.75, 3.05) is 13.2 Å². The largest absolute Gasteiger partial charge is 0.347 e. The summed E-state index contributed by atoms with van der Waals surface area (Å²) in [5.74, 6) is 0.201. The van der Waals surface area contributed by atoms with Crippen molar-refractivity contribution < 1.29 is 9.47 Å². The van der Waals surface area contributed by atoms with E-state index < -0.39 is 0 Å². The highest BCUT2D eigenvalue weighted by molar-refractivity contribution is 4.77. The molecule has 0 bridgehead atoms. The highest BCUT2D eigenvalue weighted by Crippen LogP contribution is 2.33. The molecule has 1 saturated heterocycles. The number of ether oxygens (including phenoxy) is 2. The summed E-state index contributed by atoms with van der Waals surface area (Å²) in [4.78, 5) is 0. The Morgan fingerprint density at radius 2 is 1.33 bits per heavy atom. The summed E-state index contributed by atoms with van der Waals surface area (Å²) in [6, 6.07) is 0. The Morgan fingerprint density at radius 1 is 0.833 bits per heavy atom. The molecule has 0 aromatic carbocycles. The zero-order valence-corrected chi connectivity index (χ0v) is 12.7. The maximum atomic E-state index is 5.84. The van der Waals surface area contributed by atoms with Gasteiger partial charge in [0.2, 0.25) is 0 Å². The van der Waals surface area contributed by atoms with Crippen LogP contribution in [0.2, 0.25) is 0 Å². The Balaban J connectivity index is 2.02. The van der Waals surface area contributed by atoms with Gasteiger partial charge in [-0.05, 0) is 6.42 Å². The Kier molecular flexibility index (Phi) is 7.92. The first kappa shape index (κ1) is 16.0. The van der Waals surface area contributed by atoms with Gasteiger partial charge in [0.1, 0.15) is 0 Å². The van der Waals surface area contributed by atoms with Crippen LogP contribution in [0.4, 0.5) is 0 Å². The molecule has 1 aliphatic heterocycles. The van der Waals surface area contributed by atoms with Crippen LogP contribution in [0.5, 0.6) is 0 Å². The molecule has 0 atom stereocenters. The van der Waals surface area contributed by atoms with Crippen molar-refractivity contribution in [1.29, 1.82) is 0 Å². The molecule has 1 aliphatic rings. The van der Waals surface area contributed by atoms with Gasteiger partial charge < -0.3 is 9.47 Å². The molecule has 2 nitrogen and oxygen atoms in total. The van der Waals surface area contributed by atoms with Crippen LogP contribution < -0.4 is 0 Å². The van der Waals surface area contributed by atoms with Crippen LogP contribution in [-0.2, 0) is 9.47 Å². The van der Waals surface area contributed by atoms with Gasteiger partial charge in [0.05, 0.1) is 13.2 Å². The number of unbranched alkanes of at least 4 members (excludes halogenated alkanes) is 7. The van der Waals surface area contributed by atoms with Crippen LogP contribution in [0.15, 0.2) is 0 Å². The van der Waals surface area contributed by atoms with Crippen molar-refractivity contribution in [1.82, 2.24) is 0 Å². The van der Waals surface area contributed by atoms with Gasteiger partial charge in [0.15, 0.2) is 5.79 Å². The molecule has 0 radical (unpaired) electrons. The topological polar surface area (TPSA) is 18.5 Å². The van der Waals surface area contributed by atoms with E-state index in [4.69, 9.17) is 9.47 Å². The fourth-order valence-electron chi connectivity index (χ4n) is 2.74. The van der Waals surface area contributed by atoms with Crippen LogP contribution >= 0.6 is 0 Å². The van der Waals surface area contributed by atoms with Crippen LogP contribution in [0.1, 0.15) is 78.6 Å². The molecule has 0 spiro atoms. The lowest BCUT2D eigenvalue weighted by atomic mass is 9.96. The fourth-order valence-corrected chi connectivity index (χ4v) is 2.74. The van der Waals surface area contributed by atoms with E-state index in [1.807, 2.05) is 0 Å². The number of hydrogen-bond acceptors (Lipinski definition) is 2. The SMILES string of the molecule is CCCCCCCCCCC1(C(C)C)OCCO1. The molecule has 1 heterocycles. The molecular weight excluding hydrogens is 224 g/mol. The van der Waals surface area contributed by atoms with Crippen LogP contribution in [0.3, 0.4) is 0 Å². The molecule has 0 unspecified atom stereocenters. The minimum absolute atomic E-state index is 0.262. The van der Waals surface area contributed by atoms with Gasteiger partial charge in [-0.25, -0.2) is 0 Å². The summed E-state index contributed by atoms with van der Waals surface area (Å²) < 4.78 is 11.7. The third kappa shape index (κ3) is 5.27. The van der Waals surface area contributed by atoms with Gasteiger partial charge in [0, 0.05) is 12.3 Å². The van der Waals surface area contributed by atoms with Crippen LogP contribution in [0, 0.1) is 5.92 Å². The lowest BCUT2D eigenvalue weighted by Crippen LogP contribution is -2.36. The second kappa shape index (κ2) is 8.92. The molecule has 108 valence electrons. The molecule has 0 N–H and O–H groups in total. The molecule has 0 aromatic rings. The van der Waals surface area contributed by atoms with E-state index in [9.17, 15) is 0 Å². The van der Waals surface area contributed by atoms with E-state index in [1.165, 1.54) is 51.4 Å². The predicted molar refractivity (Wildman–Crippen MR) is 76.7 cm³/mol. The zero-order valence-electron chi connectivity index (χ0n) is 12.7. The first-order chi connectivity index (χ1) is 8.71. The summed E-state index contributed by atoms with van der Waals surface area (Å²) in [5, 5.41) is 0. The lowest BCUT2D eigenvalue weighted by Gasteiger charge is -2.31. The Morgan fingerprint density at radius 3 is 1.83 bits per heavy atom. The number of hydrogen-bond donors (Lipinski definition) is 0. The first-order valence-corrected chi connectivity index (χ1v) is 7.99. The van der Waals surface area contributed by atoms with Gasteiger partial charge in [-0.15, -0.1) is 0 Å². The Labute approximate surface area is 113 Å². The molecule has 0 saturated carbocycles. The normalized spacial score (nSPS) is 18.7. The molecular formula is C16H32O2. The van der Waals surface area contributed by atoms with Gasteiger partial charge in [0.25, 0.3) is 0 Å². The maximum Gasteiger partial charge on any atom is 0.170 e. The van der Waals surface area contributed by atoms with E-state index in [0.717, 1.165) is 19.6 Å². The molecule has 1 fully saturated rings. The Bertz CT molecular complexity index is 195. The lowest BCUT2D eigenvalue weighted by molar-refractivity contribution is -0.193. The molecule has 1 rings (SSSR count). The average Bonchev–Trinajstić information content (AvgIpc) is 2.83. The van der Waals surface area contributed by atoms with Gasteiger partial charge >= 0.3 is 0 Å². The van der Waals surface area contributed by atoms with E-state index >= 15 is 0 Å². The average molecular weight is 256 g/mol. The summed E-state index contributed by atoms with van der Waals surface area (Å²) >= 11 is 0. The van der Waals surface area contributed by atoms with Crippen LogP contribution in [0.25, 0.3) is 0 Å². The van der Waals surface area contributed by atoms with E-state index in [0.29, 0.717) is 5.92 Å². The third-order valence-electron chi connectivity index (χ3n) is 4.03. The first-order valence-electron chi connectivity index (χ1n) is 7.99. The zero-order chi connectivity index (χ0) is 13.3. The van der Waals surface area contributed by atoms with Crippen molar-refractivity contribution in [3.05, 3.63) is 0 Å². The predicted octanol–water partition coefficient (Wildman–Crippen LogP) is 4.92. The highest BCUT2D eigenvalue weighted by atomic mass is 16.7.